The second-order valence-electron chi connectivity index (χ2n) is 17.7. The summed E-state index contributed by atoms with van der Waals surface area (Å²) in [5.41, 5.74) is 0.461. The maximum absolute atomic E-state index is 13.3. The van der Waals surface area contributed by atoms with E-state index in [1.807, 2.05) is 20.8 Å². The van der Waals surface area contributed by atoms with Crippen LogP contribution in [0.1, 0.15) is 128 Å². The maximum atomic E-state index is 13.3. The van der Waals surface area contributed by atoms with Gasteiger partial charge in [0.1, 0.15) is 11.2 Å². The molecule has 8 amide bonds. The highest BCUT2D eigenvalue weighted by Gasteiger charge is 2.43. The fourth-order valence-electron chi connectivity index (χ4n) is 7.31. The molecule has 2 saturated heterocycles. The Kier molecular flexibility index (Phi) is 15.8. The molecule has 2 aromatic heterocycles. The van der Waals surface area contributed by atoms with Gasteiger partial charge in [0.2, 0.25) is 0 Å². The average molecular weight is 998 g/mol. The number of piperidine rings is 2. The fourth-order valence-corrected chi connectivity index (χ4v) is 9.19. The Labute approximate surface area is 404 Å². The predicted molar refractivity (Wildman–Crippen MR) is 254 cm³/mol. The molecule has 4 aromatic rings. The third kappa shape index (κ3) is 12.8. The number of thiophene rings is 2. The molecule has 17 nitrogen and oxygen atoms in total. The SMILES string of the molecule is CC(C)(C)OC(=O)N1CCC(N2C(=O)c3cccc(NC(=O)c4ccc(Cl)s4)c3C2=O)CC1.CC(C)(C)OC(=O)N1CCC(O)CC1.O=C(Nc1cccc2c1C(=O)NC2=O)c1ccc(Cl)s1. The van der Waals surface area contributed by atoms with Crippen LogP contribution < -0.4 is 16.0 Å². The van der Waals surface area contributed by atoms with Gasteiger partial charge in [0.25, 0.3) is 35.4 Å². The highest BCUT2D eigenvalue weighted by atomic mass is 35.5. The van der Waals surface area contributed by atoms with Crippen molar-refractivity contribution in [3.8, 4) is 0 Å². The van der Waals surface area contributed by atoms with E-state index < -0.39 is 40.9 Å². The lowest BCUT2D eigenvalue weighted by Crippen LogP contribution is -2.49. The summed E-state index contributed by atoms with van der Waals surface area (Å²) in [5.74, 6) is -2.57. The highest BCUT2D eigenvalue weighted by Crippen LogP contribution is 2.34. The molecular weight excluding hydrogens is 948 g/mol. The van der Waals surface area contributed by atoms with E-state index in [1.54, 1.807) is 85.2 Å². The molecule has 0 aliphatic carbocycles. The molecule has 4 N–H and O–H groups in total. The van der Waals surface area contributed by atoms with Gasteiger partial charge in [0.15, 0.2) is 0 Å². The van der Waals surface area contributed by atoms with E-state index in [2.05, 4.69) is 16.0 Å². The van der Waals surface area contributed by atoms with Gasteiger partial charge < -0.3 is 35.0 Å². The molecule has 2 fully saturated rings. The first-order valence-electron chi connectivity index (χ1n) is 21.3. The van der Waals surface area contributed by atoms with E-state index >= 15 is 0 Å². The van der Waals surface area contributed by atoms with Crippen molar-refractivity contribution >= 4 is 105 Å². The number of hydrogen-bond donors (Lipinski definition) is 4. The zero-order valence-electron chi connectivity index (χ0n) is 37.5. The number of amides is 8. The molecule has 0 bridgehead atoms. The first-order chi connectivity index (χ1) is 31.5. The summed E-state index contributed by atoms with van der Waals surface area (Å²) in [6.07, 6.45) is 1.29. The zero-order valence-corrected chi connectivity index (χ0v) is 40.7. The number of aliphatic hydroxyl groups excluding tert-OH is 1. The van der Waals surface area contributed by atoms with Crippen LogP contribution in [0.15, 0.2) is 60.7 Å². The molecule has 0 unspecified atom stereocenters. The van der Waals surface area contributed by atoms with Gasteiger partial charge in [-0.05, 0) is 116 Å². The number of anilines is 2. The van der Waals surface area contributed by atoms with Crippen molar-refractivity contribution in [1.29, 1.82) is 0 Å². The maximum Gasteiger partial charge on any atom is 0.410 e. The van der Waals surface area contributed by atoms with E-state index in [0.29, 0.717) is 76.0 Å². The number of nitrogens with one attached hydrogen (secondary N) is 3. The normalized spacial score (nSPS) is 16.2. The third-order valence-corrected chi connectivity index (χ3v) is 12.9. The molecule has 6 heterocycles. The van der Waals surface area contributed by atoms with Crippen LogP contribution in [0.2, 0.25) is 8.67 Å². The standard InChI is InChI=1S/C23H24ClN3O5S.C13H7ClN2O3S.C10H19NO3/c1-23(2,3)32-22(31)26-11-9-13(10-12-26)27-20(29)14-5-4-6-15(18(14)21(27)30)25-19(28)16-7-8-17(24)33-16;14-9-5-4-8(20-9)12(18)15-7-3-1-2-6-10(7)13(19)16-11(6)17;1-10(2,3)14-9(13)11-6-4-8(12)5-7-11/h4-8,13H,9-12H2,1-3H3,(H,25,28);1-5H,(H,15,18)(H,16,17,19);8,12H,4-7H2,1-3H3. The zero-order chi connectivity index (χ0) is 49.0. The molecular formula is C46H50Cl2N6O11S2. The average Bonchev–Trinajstić information content (AvgIpc) is 4.03. The first-order valence-corrected chi connectivity index (χ1v) is 23.7. The van der Waals surface area contributed by atoms with E-state index in [1.165, 1.54) is 11.0 Å². The van der Waals surface area contributed by atoms with E-state index in [-0.39, 0.29) is 58.0 Å². The van der Waals surface area contributed by atoms with Crippen LogP contribution in [0, 0.1) is 0 Å². The molecule has 8 rings (SSSR count). The fraction of sp³-hybridized carbons (Fsp3) is 0.391. The number of ether oxygens (including phenoxy) is 2. The number of benzene rings is 2. The molecule has 67 heavy (non-hydrogen) atoms. The number of fused-ring (bicyclic) bond motifs is 2. The highest BCUT2D eigenvalue weighted by molar-refractivity contribution is 7.18. The van der Waals surface area contributed by atoms with Crippen LogP contribution >= 0.6 is 45.9 Å². The number of likely N-dealkylation sites (tertiary alicyclic amines) is 2. The van der Waals surface area contributed by atoms with Crippen LogP contribution in [0.4, 0.5) is 21.0 Å². The predicted octanol–water partition coefficient (Wildman–Crippen LogP) is 8.56. The van der Waals surface area contributed by atoms with Gasteiger partial charge >= 0.3 is 12.2 Å². The minimum Gasteiger partial charge on any atom is -0.444 e. The Morgan fingerprint density at radius 3 is 1.52 bits per heavy atom. The van der Waals surface area contributed by atoms with Crippen LogP contribution in [0.25, 0.3) is 0 Å². The molecule has 21 heteroatoms. The number of aliphatic hydroxyl groups is 1. The second-order valence-corrected chi connectivity index (χ2v) is 21.2. The second kappa shape index (κ2) is 21.0. The summed E-state index contributed by atoms with van der Waals surface area (Å²) >= 11 is 13.9. The third-order valence-electron chi connectivity index (χ3n) is 10.4. The Balaban J connectivity index is 0.000000184. The summed E-state index contributed by atoms with van der Waals surface area (Å²) in [6, 6.07) is 15.6. The molecule has 0 saturated carbocycles. The Morgan fingerprint density at radius 2 is 1.07 bits per heavy atom. The summed E-state index contributed by atoms with van der Waals surface area (Å²) < 4.78 is 11.6. The number of carbonyl (C=O) groups is 8. The van der Waals surface area contributed by atoms with Gasteiger partial charge in [0.05, 0.1) is 58.2 Å². The van der Waals surface area contributed by atoms with Crippen molar-refractivity contribution in [3.63, 3.8) is 0 Å². The quantitative estimate of drug-likeness (QED) is 0.139. The molecule has 356 valence electrons. The number of carbonyl (C=O) groups excluding carboxylic acids is 8. The number of rotatable bonds is 5. The Morgan fingerprint density at radius 1 is 0.627 bits per heavy atom. The summed E-state index contributed by atoms with van der Waals surface area (Å²) in [4.78, 5) is 103. The molecule has 2 aromatic carbocycles. The van der Waals surface area contributed by atoms with Crippen molar-refractivity contribution in [1.82, 2.24) is 20.0 Å². The van der Waals surface area contributed by atoms with E-state index in [0.717, 1.165) is 22.7 Å². The van der Waals surface area contributed by atoms with Gasteiger partial charge in [-0.1, -0.05) is 35.3 Å². The van der Waals surface area contributed by atoms with E-state index in [4.69, 9.17) is 32.7 Å². The van der Waals surface area contributed by atoms with Gasteiger partial charge in [-0.2, -0.15) is 0 Å². The molecule has 0 spiro atoms. The number of halogens is 2. The smallest absolute Gasteiger partial charge is 0.410 e. The minimum atomic E-state index is -0.592. The van der Waals surface area contributed by atoms with Crippen LogP contribution in [-0.2, 0) is 9.47 Å². The van der Waals surface area contributed by atoms with Crippen molar-refractivity contribution in [2.45, 2.75) is 90.6 Å². The first kappa shape index (κ1) is 50.6. The van der Waals surface area contributed by atoms with Gasteiger partial charge in [0, 0.05) is 32.2 Å². The van der Waals surface area contributed by atoms with Crippen molar-refractivity contribution in [3.05, 3.63) is 101 Å². The van der Waals surface area contributed by atoms with Gasteiger partial charge in [-0.15, -0.1) is 22.7 Å². The minimum absolute atomic E-state index is 0.188. The summed E-state index contributed by atoms with van der Waals surface area (Å²) in [6.45, 7) is 12.9. The van der Waals surface area contributed by atoms with Gasteiger partial charge in [-0.25, -0.2) is 9.59 Å². The molecule has 4 aliphatic rings. The van der Waals surface area contributed by atoms with Crippen molar-refractivity contribution < 1.29 is 52.9 Å². The Bertz CT molecular complexity index is 2590. The van der Waals surface area contributed by atoms with Crippen molar-refractivity contribution in [2.24, 2.45) is 0 Å². The largest absolute Gasteiger partial charge is 0.444 e. The topological polar surface area (TPSA) is 221 Å². The molecule has 0 radical (unpaired) electrons. The molecule has 0 atom stereocenters. The summed E-state index contributed by atoms with van der Waals surface area (Å²) in [5, 5.41) is 16.8. The van der Waals surface area contributed by atoms with Crippen LogP contribution in [0.5, 0.6) is 0 Å². The monoisotopic (exact) mass is 996 g/mol. The lowest BCUT2D eigenvalue weighted by molar-refractivity contribution is 0.00966. The van der Waals surface area contributed by atoms with E-state index in [9.17, 15) is 43.5 Å². The Hall–Kier alpha value is -5.86. The van der Waals surface area contributed by atoms with Gasteiger partial charge in [-0.3, -0.25) is 39.0 Å². The van der Waals surface area contributed by atoms with Crippen LogP contribution in [-0.4, -0.2) is 117 Å². The molecule has 4 aliphatic heterocycles. The lowest BCUT2D eigenvalue weighted by Gasteiger charge is -2.36. The number of nitrogens with zero attached hydrogens (tertiary/aromatic N) is 3. The van der Waals surface area contributed by atoms with Crippen LogP contribution in [0.3, 0.4) is 0 Å². The number of hydrogen-bond acceptors (Lipinski definition) is 13. The number of imide groups is 2. The summed E-state index contributed by atoms with van der Waals surface area (Å²) in [7, 11) is 0. The lowest BCUT2D eigenvalue weighted by atomic mass is 10.0. The van der Waals surface area contributed by atoms with Crippen molar-refractivity contribution in [2.75, 3.05) is 36.8 Å².